The van der Waals surface area contributed by atoms with Crippen LogP contribution < -0.4 is 5.32 Å². The molecule has 13 atom stereocenters. The summed E-state index contributed by atoms with van der Waals surface area (Å²) in [6, 6.07) is -9.55. The molecular formula is C67H118N8O13. The number of aliphatic hydroxyl groups excluding tert-OH is 1. The second kappa shape index (κ2) is 36.9. The van der Waals surface area contributed by atoms with Gasteiger partial charge in [0.15, 0.2) is 17.3 Å². The molecule has 1 saturated heterocycles. The largest absolute Gasteiger partial charge is 0.390 e. The maximum atomic E-state index is 15.3. The maximum absolute atomic E-state index is 15.3. The lowest BCUT2D eigenvalue weighted by Crippen LogP contribution is -2.62. The van der Waals surface area contributed by atoms with Crippen LogP contribution in [0.3, 0.4) is 0 Å². The van der Waals surface area contributed by atoms with Crippen molar-refractivity contribution in [3.8, 4) is 0 Å². The van der Waals surface area contributed by atoms with Gasteiger partial charge in [-0.2, -0.15) is 0 Å². The fourth-order valence-electron chi connectivity index (χ4n) is 12.0. The van der Waals surface area contributed by atoms with E-state index in [1.54, 1.807) is 54.5 Å². The molecule has 1 heterocycles. The number of allylic oxidation sites excluding steroid dienone is 2. The Balaban J connectivity index is 4.45. The third-order valence-electron chi connectivity index (χ3n) is 17.7. The van der Waals surface area contributed by atoms with Crippen LogP contribution in [-0.4, -0.2) is 222 Å². The van der Waals surface area contributed by atoms with E-state index >= 15 is 19.2 Å². The summed E-state index contributed by atoms with van der Waals surface area (Å²) >= 11 is 0. The predicted molar refractivity (Wildman–Crippen MR) is 343 cm³/mol. The summed E-state index contributed by atoms with van der Waals surface area (Å²) < 4.78 is 5.56. The highest BCUT2D eigenvalue weighted by atomic mass is 16.5. The quantitative estimate of drug-likeness (QED) is 0.147. The van der Waals surface area contributed by atoms with Gasteiger partial charge in [0.05, 0.1) is 24.8 Å². The maximum Gasteiger partial charge on any atom is 0.248 e. The lowest BCUT2D eigenvalue weighted by molar-refractivity contribution is -0.157. The number of likely N-dealkylation sites (N-methyl/N-ethyl adjacent to an activating group) is 7. The van der Waals surface area contributed by atoms with Crippen LogP contribution in [0.2, 0.25) is 0 Å². The number of ketones is 3. The number of methoxy groups -OCH3 is 1. The molecule has 0 spiro atoms. The number of hydrogen-bond donors (Lipinski definition) is 2. The molecule has 21 heteroatoms. The molecule has 0 aromatic carbocycles. The minimum Gasteiger partial charge on any atom is -0.390 e. The van der Waals surface area contributed by atoms with Gasteiger partial charge >= 0.3 is 0 Å². The van der Waals surface area contributed by atoms with E-state index in [1.807, 2.05) is 68.4 Å². The monoisotopic (exact) mass is 1240 g/mol. The Morgan fingerprint density at radius 1 is 0.489 bits per heavy atom. The van der Waals surface area contributed by atoms with Gasteiger partial charge in [-0.05, 0) is 93.8 Å². The highest BCUT2D eigenvalue weighted by molar-refractivity contribution is 6.00. The zero-order chi connectivity index (χ0) is 68.3. The van der Waals surface area contributed by atoms with Crippen molar-refractivity contribution in [2.75, 3.05) is 63.1 Å². The van der Waals surface area contributed by atoms with Gasteiger partial charge in [-0.1, -0.05) is 116 Å². The van der Waals surface area contributed by atoms with Gasteiger partial charge in [0, 0.05) is 93.5 Å². The third-order valence-corrected chi connectivity index (χ3v) is 17.7. The molecule has 0 saturated carbocycles. The van der Waals surface area contributed by atoms with Gasteiger partial charge < -0.3 is 49.5 Å². The van der Waals surface area contributed by atoms with Gasteiger partial charge in [-0.3, -0.25) is 52.7 Å². The SMILES string of the molecule is C/C=C/C[C@@H](C)[C@@H](O)[C@@H]1C(=O)C[C@H](CC)C(=O)N(C)[C@H](COC)C(=O)N(C)[C@@H](CC(C)C)C(=O)C[C@H](C(C)C)C(=O)N(C)[C@H](CC(C)C)C(=O)C[C@H](C)C(=O)N[C@@H](C)C(=O)N(C)[C@H](CC(C)C)C(=O)N(C)[C@H](CC(C)C)C(=O)N(C)[C@H](C(C)C)C(=O)N1C. The van der Waals surface area contributed by atoms with Crippen molar-refractivity contribution in [1.82, 2.24) is 39.6 Å². The normalized spacial score (nSPS) is 27.5. The molecule has 1 rings (SSSR count). The van der Waals surface area contributed by atoms with E-state index in [0.717, 1.165) is 4.90 Å². The number of rotatable bonds is 17. The molecular weight excluding hydrogens is 1120 g/mol. The molecule has 1 fully saturated rings. The number of nitrogens with one attached hydrogen (secondary N) is 1. The Kier molecular flexibility index (Phi) is 33.8. The van der Waals surface area contributed by atoms with Crippen LogP contribution in [0, 0.1) is 59.2 Å². The van der Waals surface area contributed by atoms with Gasteiger partial charge in [0.2, 0.25) is 47.3 Å². The minimum absolute atomic E-state index is 0.0786. The third kappa shape index (κ3) is 22.1. The Bertz CT molecular complexity index is 2390. The first kappa shape index (κ1) is 80.4. The van der Waals surface area contributed by atoms with Gasteiger partial charge in [0.1, 0.15) is 36.3 Å². The van der Waals surface area contributed by atoms with Crippen molar-refractivity contribution in [2.24, 2.45) is 59.2 Å². The van der Waals surface area contributed by atoms with Crippen LogP contribution in [-0.2, 0) is 57.5 Å². The predicted octanol–water partition coefficient (Wildman–Crippen LogP) is 6.56. The molecule has 0 unspecified atom stereocenters. The van der Waals surface area contributed by atoms with Crippen molar-refractivity contribution >= 4 is 64.6 Å². The number of nitrogens with zero attached hydrogens (tertiary/aromatic N) is 7. The lowest BCUT2D eigenvalue weighted by atomic mass is 9.84. The van der Waals surface area contributed by atoms with Gasteiger partial charge in [-0.15, -0.1) is 0 Å². The van der Waals surface area contributed by atoms with Crippen molar-refractivity contribution in [3.63, 3.8) is 0 Å². The van der Waals surface area contributed by atoms with E-state index in [4.69, 9.17) is 4.74 Å². The van der Waals surface area contributed by atoms with Crippen molar-refractivity contribution < 1.29 is 62.6 Å². The zero-order valence-corrected chi connectivity index (χ0v) is 58.7. The smallest absolute Gasteiger partial charge is 0.248 e. The van der Waals surface area contributed by atoms with E-state index in [2.05, 4.69) is 5.32 Å². The highest BCUT2D eigenvalue weighted by Crippen LogP contribution is 2.30. The fraction of sp³-hybridized carbons (Fsp3) is 0.806. The summed E-state index contributed by atoms with van der Waals surface area (Å²) in [5, 5.41) is 15.0. The number of carbonyl (C=O) groups is 11. The minimum atomic E-state index is -1.52. The average molecular weight is 1240 g/mol. The lowest BCUT2D eigenvalue weighted by Gasteiger charge is -2.41. The van der Waals surface area contributed by atoms with Crippen molar-refractivity contribution in [1.29, 1.82) is 0 Å². The molecule has 0 radical (unpaired) electrons. The van der Waals surface area contributed by atoms with Crippen LogP contribution >= 0.6 is 0 Å². The molecule has 0 bridgehead atoms. The molecule has 88 heavy (non-hydrogen) atoms. The molecule has 21 nitrogen and oxygen atoms in total. The Morgan fingerprint density at radius 2 is 0.886 bits per heavy atom. The fourth-order valence-corrected chi connectivity index (χ4v) is 12.0. The Labute approximate surface area is 529 Å². The second-order valence-corrected chi connectivity index (χ2v) is 27.7. The standard InChI is InChI=1S/C67H118N8O13/c1-26-28-29-44(15)59(79)58-56(78)35-47(27-2)62(82)73(22)53(37-88-25)66(86)70(19)50(31-39(5)6)55(77)36-48(42(11)12)63(83)69(18)49(30-38(3)4)54(76)34-45(16)60(80)68-46(17)61(81)71(20)51(32-40(7)8)64(84)72(21)52(33-41(9)10)65(85)74(23)57(43(13)14)67(87)75(58)24/h26,28,38-53,57-59,79H,27,29-37H2,1-25H3,(H,68,80)/b28-26+/t44-,45+,46+,47+,48-,49-,50+,51-,52-,53-,57-,58+,59-/m1/s1. The number of ether oxygens (including phenoxy) is 1. The average Bonchev–Trinajstić information content (AvgIpc) is 1.33. The summed E-state index contributed by atoms with van der Waals surface area (Å²) in [7, 11) is 11.6. The number of carbonyl (C=O) groups excluding carboxylic acids is 11. The first-order chi connectivity index (χ1) is 40.7. The van der Waals surface area contributed by atoms with Gasteiger partial charge in [0.25, 0.3) is 0 Å². The topological polar surface area (TPSA) is 252 Å². The van der Waals surface area contributed by atoms with Crippen LogP contribution in [0.1, 0.15) is 175 Å². The molecule has 1 aliphatic heterocycles. The summed E-state index contributed by atoms with van der Waals surface area (Å²) in [6.07, 6.45) is 2.34. The summed E-state index contributed by atoms with van der Waals surface area (Å²) in [5.74, 6) is -11.2. The Hall–Kier alpha value is -5.57. The molecule has 504 valence electrons. The van der Waals surface area contributed by atoms with Crippen LogP contribution in [0.25, 0.3) is 0 Å². The molecule has 1 aliphatic rings. The van der Waals surface area contributed by atoms with Crippen molar-refractivity contribution in [2.45, 2.75) is 230 Å². The second-order valence-electron chi connectivity index (χ2n) is 27.7. The number of Topliss-reactive ketones (excluding diaryl/α,β-unsaturated/α-hetero) is 3. The molecule has 8 amide bonds. The van der Waals surface area contributed by atoms with E-state index in [-0.39, 0.29) is 75.2 Å². The van der Waals surface area contributed by atoms with Crippen molar-refractivity contribution in [3.05, 3.63) is 12.2 Å². The van der Waals surface area contributed by atoms with Crippen LogP contribution in [0.15, 0.2) is 12.2 Å². The van der Waals surface area contributed by atoms with Crippen LogP contribution in [0.5, 0.6) is 0 Å². The molecule has 0 aromatic rings. The zero-order valence-electron chi connectivity index (χ0n) is 58.7. The van der Waals surface area contributed by atoms with E-state index in [9.17, 15) is 38.7 Å². The Morgan fingerprint density at radius 3 is 1.32 bits per heavy atom. The number of amides is 8. The van der Waals surface area contributed by atoms with E-state index in [1.165, 1.54) is 92.8 Å². The van der Waals surface area contributed by atoms with Crippen LogP contribution in [0.4, 0.5) is 0 Å². The molecule has 0 aromatic heterocycles. The van der Waals surface area contributed by atoms with E-state index in [0.29, 0.717) is 6.42 Å². The summed E-state index contributed by atoms with van der Waals surface area (Å²) in [5.41, 5.74) is 0. The molecule has 0 aliphatic carbocycles. The molecule has 2 N–H and O–H groups in total. The summed E-state index contributed by atoms with van der Waals surface area (Å²) in [6.45, 7) is 30.3. The number of hydrogen-bond acceptors (Lipinski definition) is 13. The van der Waals surface area contributed by atoms with E-state index < -0.39 is 161 Å². The highest BCUT2D eigenvalue weighted by Gasteiger charge is 2.46. The first-order valence-electron chi connectivity index (χ1n) is 32.2. The summed E-state index contributed by atoms with van der Waals surface area (Å²) in [4.78, 5) is 172. The van der Waals surface area contributed by atoms with Gasteiger partial charge in [-0.25, -0.2) is 0 Å². The first-order valence-corrected chi connectivity index (χ1v) is 32.2. The number of aliphatic hydroxyl groups is 1.